The van der Waals surface area contributed by atoms with E-state index in [4.69, 9.17) is 0 Å². The summed E-state index contributed by atoms with van der Waals surface area (Å²) in [4.78, 5) is 13.9. The number of aryl methyl sites for hydroxylation is 2. The Labute approximate surface area is 128 Å². The Morgan fingerprint density at radius 3 is 2.14 bits per heavy atom. The minimum Gasteiger partial charge on any atom is -0.295 e. The summed E-state index contributed by atoms with van der Waals surface area (Å²) < 4.78 is 0. The van der Waals surface area contributed by atoms with Crippen LogP contribution >= 0.6 is 0 Å². The number of nitrogens with zero attached hydrogens (tertiary/aromatic N) is 2. The maximum Gasteiger partial charge on any atom is 0.254 e. The molecule has 1 aromatic carbocycles. The maximum atomic E-state index is 11.8. The van der Waals surface area contributed by atoms with Gasteiger partial charge in [-0.15, -0.1) is 0 Å². The lowest BCUT2D eigenvalue weighted by atomic mass is 9.95. The van der Waals surface area contributed by atoms with Crippen molar-refractivity contribution in [3.63, 3.8) is 0 Å². The molecule has 4 nitrogen and oxygen atoms in total. The molecule has 0 heterocycles. The Morgan fingerprint density at radius 1 is 1.14 bits per heavy atom. The van der Waals surface area contributed by atoms with E-state index in [1.807, 2.05) is 13.8 Å². The summed E-state index contributed by atoms with van der Waals surface area (Å²) in [6.07, 6.45) is 1.75. The van der Waals surface area contributed by atoms with Crippen molar-refractivity contribution in [2.24, 2.45) is 5.10 Å². The molecule has 0 aromatic heterocycles. The molecular weight excluding hydrogens is 262 g/mol. The van der Waals surface area contributed by atoms with Gasteiger partial charge in [-0.05, 0) is 63.0 Å². The van der Waals surface area contributed by atoms with Crippen LogP contribution < -0.4 is 5.43 Å². The van der Waals surface area contributed by atoms with E-state index in [0.717, 1.165) is 18.7 Å². The quantitative estimate of drug-likeness (QED) is 0.646. The molecule has 0 bridgehead atoms. The first kappa shape index (κ1) is 17.4. The second kappa shape index (κ2) is 7.93. The minimum atomic E-state index is -0.0744. The second-order valence-corrected chi connectivity index (χ2v) is 5.43. The first-order valence-corrected chi connectivity index (χ1v) is 7.52. The number of hydrogen-bond acceptors (Lipinski definition) is 3. The first-order chi connectivity index (χ1) is 9.90. The lowest BCUT2D eigenvalue weighted by Crippen LogP contribution is -2.35. The fourth-order valence-corrected chi connectivity index (χ4v) is 2.30. The molecule has 116 valence electrons. The van der Waals surface area contributed by atoms with Gasteiger partial charge in [0.15, 0.2) is 0 Å². The van der Waals surface area contributed by atoms with Crippen molar-refractivity contribution in [1.29, 1.82) is 0 Å². The number of hydrazone groups is 1. The summed E-state index contributed by atoms with van der Waals surface area (Å²) in [5.74, 6) is -0.0744. The Hall–Kier alpha value is -1.68. The third-order valence-electron chi connectivity index (χ3n) is 4.07. The lowest BCUT2D eigenvalue weighted by Gasteiger charge is -2.16. The molecule has 0 aliphatic heterocycles. The van der Waals surface area contributed by atoms with Gasteiger partial charge in [0.1, 0.15) is 0 Å². The van der Waals surface area contributed by atoms with Gasteiger partial charge in [-0.25, -0.2) is 5.43 Å². The van der Waals surface area contributed by atoms with Gasteiger partial charge in [-0.3, -0.25) is 9.69 Å². The van der Waals surface area contributed by atoms with Crippen LogP contribution in [0.25, 0.3) is 0 Å². The summed E-state index contributed by atoms with van der Waals surface area (Å²) in [7, 11) is 0. The number of benzene rings is 1. The molecule has 4 heteroatoms. The molecule has 0 spiro atoms. The molecule has 0 fully saturated rings. The van der Waals surface area contributed by atoms with E-state index in [-0.39, 0.29) is 5.91 Å². The Morgan fingerprint density at radius 2 is 1.67 bits per heavy atom. The number of amides is 1. The molecule has 0 unspecified atom stereocenters. The van der Waals surface area contributed by atoms with E-state index in [2.05, 4.69) is 49.2 Å². The average Bonchev–Trinajstić information content (AvgIpc) is 2.46. The summed E-state index contributed by atoms with van der Waals surface area (Å²) in [6.45, 7) is 14.6. The summed E-state index contributed by atoms with van der Waals surface area (Å²) in [5, 5.41) is 4.12. The highest BCUT2D eigenvalue weighted by Crippen LogP contribution is 2.19. The predicted molar refractivity (Wildman–Crippen MR) is 88.9 cm³/mol. The standard InChI is InChI=1S/C17H27N3O/c1-7-20(8-2)11-17(21)19-18-10-16-14(5)12(3)9-13(4)15(16)6/h9-10H,7-8,11H2,1-6H3,(H,19,21)/b18-10+. The highest BCUT2D eigenvalue weighted by atomic mass is 16.2. The fourth-order valence-electron chi connectivity index (χ4n) is 2.30. The molecule has 1 N–H and O–H groups in total. The van der Waals surface area contributed by atoms with Gasteiger partial charge in [0.2, 0.25) is 0 Å². The summed E-state index contributed by atoms with van der Waals surface area (Å²) in [5.41, 5.74) is 8.61. The molecular formula is C17H27N3O. The topological polar surface area (TPSA) is 44.7 Å². The maximum absolute atomic E-state index is 11.8. The molecule has 1 aromatic rings. The second-order valence-electron chi connectivity index (χ2n) is 5.43. The monoisotopic (exact) mass is 289 g/mol. The van der Waals surface area contributed by atoms with Crippen LogP contribution in [0.15, 0.2) is 11.2 Å². The van der Waals surface area contributed by atoms with Crippen LogP contribution in [0.3, 0.4) is 0 Å². The minimum absolute atomic E-state index is 0.0744. The normalized spacial score (nSPS) is 11.4. The lowest BCUT2D eigenvalue weighted by molar-refractivity contribution is -0.122. The molecule has 0 saturated carbocycles. The average molecular weight is 289 g/mol. The zero-order valence-corrected chi connectivity index (χ0v) is 14.1. The van der Waals surface area contributed by atoms with Crippen molar-refractivity contribution in [2.75, 3.05) is 19.6 Å². The van der Waals surface area contributed by atoms with Gasteiger partial charge in [-0.1, -0.05) is 19.9 Å². The third kappa shape index (κ3) is 4.67. The zero-order valence-electron chi connectivity index (χ0n) is 14.1. The third-order valence-corrected chi connectivity index (χ3v) is 4.07. The molecule has 0 saturated heterocycles. The Bertz CT molecular complexity index is 505. The molecule has 0 atom stereocenters. The number of carbonyl (C=O) groups is 1. The largest absolute Gasteiger partial charge is 0.295 e. The van der Waals surface area contributed by atoms with Gasteiger partial charge < -0.3 is 0 Å². The van der Waals surface area contributed by atoms with Gasteiger partial charge >= 0.3 is 0 Å². The van der Waals surface area contributed by atoms with Crippen LogP contribution in [0.1, 0.15) is 41.7 Å². The van der Waals surface area contributed by atoms with Gasteiger partial charge in [0.05, 0.1) is 12.8 Å². The summed E-state index contributed by atoms with van der Waals surface area (Å²) >= 11 is 0. The van der Waals surface area contributed by atoms with Crippen molar-refractivity contribution in [1.82, 2.24) is 10.3 Å². The first-order valence-electron chi connectivity index (χ1n) is 7.52. The van der Waals surface area contributed by atoms with Gasteiger partial charge in [-0.2, -0.15) is 5.10 Å². The van der Waals surface area contributed by atoms with Crippen molar-refractivity contribution in [3.05, 3.63) is 33.9 Å². The van der Waals surface area contributed by atoms with Crippen LogP contribution in [-0.2, 0) is 4.79 Å². The van der Waals surface area contributed by atoms with E-state index in [1.54, 1.807) is 6.21 Å². The number of nitrogens with one attached hydrogen (secondary N) is 1. The Balaban J connectivity index is 2.76. The van der Waals surface area contributed by atoms with E-state index in [1.165, 1.54) is 22.3 Å². The predicted octanol–water partition coefficient (Wildman–Crippen LogP) is 2.71. The van der Waals surface area contributed by atoms with Crippen molar-refractivity contribution in [2.45, 2.75) is 41.5 Å². The number of rotatable bonds is 6. The van der Waals surface area contributed by atoms with Crippen LogP contribution in [-0.4, -0.2) is 36.7 Å². The van der Waals surface area contributed by atoms with Crippen LogP contribution in [0.4, 0.5) is 0 Å². The van der Waals surface area contributed by atoms with Gasteiger partial charge in [0, 0.05) is 5.56 Å². The molecule has 0 aliphatic carbocycles. The molecule has 1 rings (SSSR count). The van der Waals surface area contributed by atoms with E-state index in [0.29, 0.717) is 6.54 Å². The van der Waals surface area contributed by atoms with Crippen LogP contribution in [0, 0.1) is 27.7 Å². The number of likely N-dealkylation sites (N-methyl/N-ethyl adjacent to an activating group) is 1. The zero-order chi connectivity index (χ0) is 16.0. The van der Waals surface area contributed by atoms with Crippen molar-refractivity contribution < 1.29 is 4.79 Å². The summed E-state index contributed by atoms with van der Waals surface area (Å²) in [6, 6.07) is 2.18. The molecule has 1 amide bonds. The smallest absolute Gasteiger partial charge is 0.254 e. The Kier molecular flexibility index (Phi) is 6.56. The SMILES string of the molecule is CCN(CC)CC(=O)N/N=C/c1c(C)c(C)cc(C)c1C. The van der Waals surface area contributed by atoms with Gasteiger partial charge in [0.25, 0.3) is 5.91 Å². The van der Waals surface area contributed by atoms with Crippen molar-refractivity contribution >= 4 is 12.1 Å². The van der Waals surface area contributed by atoms with E-state index >= 15 is 0 Å². The highest BCUT2D eigenvalue weighted by Gasteiger charge is 2.08. The number of carbonyl (C=O) groups excluding carboxylic acids is 1. The number of hydrogen-bond donors (Lipinski definition) is 1. The molecule has 0 aliphatic rings. The molecule has 0 radical (unpaired) electrons. The van der Waals surface area contributed by atoms with E-state index < -0.39 is 0 Å². The highest BCUT2D eigenvalue weighted by molar-refractivity contribution is 5.86. The van der Waals surface area contributed by atoms with Crippen molar-refractivity contribution in [3.8, 4) is 0 Å². The van der Waals surface area contributed by atoms with E-state index in [9.17, 15) is 4.79 Å². The fraction of sp³-hybridized carbons (Fsp3) is 0.529. The van der Waals surface area contributed by atoms with Crippen LogP contribution in [0.5, 0.6) is 0 Å². The molecule has 21 heavy (non-hydrogen) atoms. The van der Waals surface area contributed by atoms with Crippen LogP contribution in [0.2, 0.25) is 0 Å².